The summed E-state index contributed by atoms with van der Waals surface area (Å²) >= 11 is 0. The highest BCUT2D eigenvalue weighted by molar-refractivity contribution is 5.72. The summed E-state index contributed by atoms with van der Waals surface area (Å²) in [7, 11) is 0. The zero-order valence-corrected chi connectivity index (χ0v) is 26.8. The van der Waals surface area contributed by atoms with Gasteiger partial charge in [-0.3, -0.25) is 0 Å². The van der Waals surface area contributed by atoms with Crippen molar-refractivity contribution in [2.24, 2.45) is 0 Å². The molecule has 51 heavy (non-hydrogen) atoms. The number of aromatic hydroxyl groups is 8. The van der Waals surface area contributed by atoms with Crippen LogP contribution in [0, 0.1) is 0 Å². The highest BCUT2D eigenvalue weighted by atomic mass is 16.5. The number of phenols is 8. The van der Waals surface area contributed by atoms with E-state index in [0.717, 1.165) is 22.3 Å². The van der Waals surface area contributed by atoms with Crippen LogP contribution in [-0.4, -0.2) is 40.9 Å². The van der Waals surface area contributed by atoms with E-state index in [2.05, 4.69) is 0 Å². The third kappa shape index (κ3) is 4.61. The van der Waals surface area contributed by atoms with Crippen molar-refractivity contribution in [2.45, 2.75) is 35.7 Å². The fraction of sp³-hybridized carbons (Fsp3) is 0.143. The van der Waals surface area contributed by atoms with Gasteiger partial charge in [-0.2, -0.15) is 0 Å². The molecule has 8 N–H and O–H groups in total. The number of fused-ring (bicyclic) bond motifs is 7. The Morgan fingerprint density at radius 3 is 1.41 bits per heavy atom. The zero-order valence-electron chi connectivity index (χ0n) is 26.8. The Balaban J connectivity index is 1.38. The third-order valence-electron chi connectivity index (χ3n) is 10.9. The highest BCUT2D eigenvalue weighted by Crippen LogP contribution is 2.72. The Kier molecular flexibility index (Phi) is 6.60. The summed E-state index contributed by atoms with van der Waals surface area (Å²) in [5.74, 6) is -2.43. The molecule has 0 saturated heterocycles. The number of rotatable bonds is 4. The lowest BCUT2D eigenvalue weighted by molar-refractivity contribution is 0.221. The monoisotopic (exact) mass is 680 g/mol. The van der Waals surface area contributed by atoms with Gasteiger partial charge in [0.1, 0.15) is 57.8 Å². The molecule has 9 heteroatoms. The lowest BCUT2D eigenvalue weighted by Gasteiger charge is -2.26. The predicted octanol–water partition coefficient (Wildman–Crippen LogP) is 7.76. The third-order valence-corrected chi connectivity index (χ3v) is 10.9. The van der Waals surface area contributed by atoms with Crippen molar-refractivity contribution in [1.82, 2.24) is 0 Å². The predicted molar refractivity (Wildman–Crippen MR) is 186 cm³/mol. The van der Waals surface area contributed by atoms with Crippen molar-refractivity contribution in [3.63, 3.8) is 0 Å². The van der Waals surface area contributed by atoms with Crippen molar-refractivity contribution >= 4 is 0 Å². The molecule has 9 rings (SSSR count). The SMILES string of the molecule is Oc1ccc([C@H]2c3c(O)cc4c(c3[C@@H]3[C@@H](c5ccc(O)cc5)c5c(O)cc(O)cc5[C@H]23)[C@@H](c2cc(O)cc(O)c2)[C@H](c2ccc(O)cc2)O4)cc1. The average molecular weight is 681 g/mol. The maximum atomic E-state index is 12.1. The zero-order chi connectivity index (χ0) is 35.3. The molecular weight excluding hydrogens is 648 g/mol. The van der Waals surface area contributed by atoms with Crippen molar-refractivity contribution in [2.75, 3.05) is 0 Å². The molecular formula is C42H32O9. The molecule has 2 aliphatic carbocycles. The lowest BCUT2D eigenvalue weighted by Crippen LogP contribution is -2.14. The van der Waals surface area contributed by atoms with E-state index in [1.54, 1.807) is 97.1 Å². The van der Waals surface area contributed by atoms with Gasteiger partial charge in [0.25, 0.3) is 0 Å². The van der Waals surface area contributed by atoms with E-state index in [0.29, 0.717) is 33.6 Å². The fourth-order valence-corrected chi connectivity index (χ4v) is 9.08. The van der Waals surface area contributed by atoms with Gasteiger partial charge in [-0.25, -0.2) is 0 Å². The molecule has 0 unspecified atom stereocenters. The van der Waals surface area contributed by atoms with Crippen LogP contribution in [0.5, 0.6) is 51.7 Å². The van der Waals surface area contributed by atoms with Crippen LogP contribution in [0.2, 0.25) is 0 Å². The van der Waals surface area contributed by atoms with Crippen LogP contribution in [0.1, 0.15) is 85.8 Å². The Bertz CT molecular complexity index is 2330. The molecule has 6 atom stereocenters. The van der Waals surface area contributed by atoms with E-state index in [1.165, 1.54) is 12.1 Å². The second-order valence-electron chi connectivity index (χ2n) is 13.7. The number of ether oxygens (including phenoxy) is 1. The van der Waals surface area contributed by atoms with Gasteiger partial charge in [-0.15, -0.1) is 0 Å². The van der Waals surface area contributed by atoms with E-state index in [9.17, 15) is 40.9 Å². The van der Waals surface area contributed by atoms with Crippen LogP contribution in [0.15, 0.2) is 109 Å². The summed E-state index contributed by atoms with van der Waals surface area (Å²) in [5, 5.41) is 86.6. The largest absolute Gasteiger partial charge is 0.508 e. The molecule has 1 aliphatic heterocycles. The van der Waals surface area contributed by atoms with Gasteiger partial charge in [-0.1, -0.05) is 36.4 Å². The van der Waals surface area contributed by atoms with Crippen molar-refractivity contribution in [3.8, 4) is 51.7 Å². The van der Waals surface area contributed by atoms with Crippen molar-refractivity contribution in [1.29, 1.82) is 0 Å². The van der Waals surface area contributed by atoms with Gasteiger partial charge in [-0.05, 0) is 88.0 Å². The first kappa shape index (κ1) is 30.6. The van der Waals surface area contributed by atoms with Crippen molar-refractivity contribution in [3.05, 3.63) is 159 Å². The Morgan fingerprint density at radius 2 is 0.843 bits per heavy atom. The molecule has 0 aromatic heterocycles. The average Bonchev–Trinajstić information content (AvgIpc) is 3.74. The number of phenolic OH excluding ortho intramolecular Hbond substituents is 8. The minimum atomic E-state index is -0.702. The molecule has 6 aromatic carbocycles. The molecule has 1 heterocycles. The summed E-state index contributed by atoms with van der Waals surface area (Å²) in [5.41, 5.74) is 6.25. The van der Waals surface area contributed by atoms with E-state index in [-0.39, 0.29) is 46.0 Å². The van der Waals surface area contributed by atoms with Crippen LogP contribution in [0.3, 0.4) is 0 Å². The van der Waals surface area contributed by atoms with Gasteiger partial charge in [0.15, 0.2) is 0 Å². The number of hydrogen-bond donors (Lipinski definition) is 8. The quantitative estimate of drug-likeness (QED) is 0.0927. The molecule has 0 radical (unpaired) electrons. The Labute approximate surface area is 291 Å². The molecule has 0 saturated carbocycles. The minimum absolute atomic E-state index is 0.0181. The van der Waals surface area contributed by atoms with Gasteiger partial charge in [0.05, 0.1) is 5.92 Å². The molecule has 0 bridgehead atoms. The first-order valence-corrected chi connectivity index (χ1v) is 16.6. The van der Waals surface area contributed by atoms with E-state index in [4.69, 9.17) is 4.74 Å². The van der Waals surface area contributed by atoms with E-state index < -0.39 is 35.7 Å². The second kappa shape index (κ2) is 11.0. The second-order valence-corrected chi connectivity index (χ2v) is 13.7. The summed E-state index contributed by atoms with van der Waals surface area (Å²) in [6.45, 7) is 0. The van der Waals surface area contributed by atoms with Crippen LogP contribution < -0.4 is 4.74 Å². The normalized spacial score (nSPS) is 22.5. The van der Waals surface area contributed by atoms with Crippen LogP contribution in [-0.2, 0) is 0 Å². The van der Waals surface area contributed by atoms with Gasteiger partial charge >= 0.3 is 0 Å². The molecule has 0 spiro atoms. The smallest absolute Gasteiger partial charge is 0.135 e. The maximum absolute atomic E-state index is 12.1. The Hall–Kier alpha value is -6.48. The van der Waals surface area contributed by atoms with Gasteiger partial charge in [0.2, 0.25) is 0 Å². The van der Waals surface area contributed by atoms with Crippen LogP contribution in [0.4, 0.5) is 0 Å². The summed E-state index contributed by atoms with van der Waals surface area (Å²) in [6.07, 6.45) is -0.702. The molecule has 6 aromatic rings. The standard InChI is InChI=1S/C42H32O9/c43-23-7-1-19(2-8-23)33-36-29(16-28(48)17-30(36)49)37-34(20-3-9-24(44)10-4-20)38-31(50)18-32-39(41(38)40(33)37)35(22-13-26(46)15-27(47)14-22)42(51-32)21-5-11-25(45)12-6-21/h1-18,33-35,37,40,42-50H/t33-,34+,35+,37+,40+,42-/m0/s1. The van der Waals surface area contributed by atoms with Crippen molar-refractivity contribution < 1.29 is 45.6 Å². The lowest BCUT2D eigenvalue weighted by atomic mass is 9.75. The summed E-state index contributed by atoms with van der Waals surface area (Å²) in [6, 6.07) is 29.1. The van der Waals surface area contributed by atoms with Gasteiger partial charge < -0.3 is 45.6 Å². The first-order valence-electron chi connectivity index (χ1n) is 16.6. The summed E-state index contributed by atoms with van der Waals surface area (Å²) < 4.78 is 6.71. The molecule has 0 fully saturated rings. The highest BCUT2D eigenvalue weighted by Gasteiger charge is 2.57. The number of benzene rings is 6. The van der Waals surface area contributed by atoms with Crippen LogP contribution in [0.25, 0.3) is 0 Å². The summed E-state index contributed by atoms with van der Waals surface area (Å²) in [4.78, 5) is 0. The van der Waals surface area contributed by atoms with E-state index >= 15 is 0 Å². The molecule has 254 valence electrons. The number of hydrogen-bond acceptors (Lipinski definition) is 9. The van der Waals surface area contributed by atoms with E-state index in [1.807, 2.05) is 0 Å². The molecule has 0 amide bonds. The Morgan fingerprint density at radius 1 is 0.353 bits per heavy atom. The topological polar surface area (TPSA) is 171 Å². The fourth-order valence-electron chi connectivity index (χ4n) is 9.08. The molecule has 3 aliphatic rings. The first-order chi connectivity index (χ1) is 24.6. The molecule has 9 nitrogen and oxygen atoms in total. The minimum Gasteiger partial charge on any atom is -0.508 e. The van der Waals surface area contributed by atoms with Crippen LogP contribution >= 0.6 is 0 Å². The van der Waals surface area contributed by atoms with Gasteiger partial charge in [0, 0.05) is 58.6 Å². The maximum Gasteiger partial charge on any atom is 0.135 e.